The lowest BCUT2D eigenvalue weighted by Crippen LogP contribution is -2.25. The van der Waals surface area contributed by atoms with Crippen molar-refractivity contribution in [1.29, 1.82) is 0 Å². The first-order chi connectivity index (χ1) is 12.7. The predicted molar refractivity (Wildman–Crippen MR) is 108 cm³/mol. The van der Waals surface area contributed by atoms with Crippen LogP contribution in [0.3, 0.4) is 0 Å². The van der Waals surface area contributed by atoms with Crippen molar-refractivity contribution in [3.8, 4) is 5.75 Å². The Hall–Kier alpha value is -2.66. The molecule has 1 aliphatic rings. The van der Waals surface area contributed by atoms with Crippen LogP contribution in [0.15, 0.2) is 42.5 Å². The van der Waals surface area contributed by atoms with Gasteiger partial charge in [-0.05, 0) is 44.2 Å². The first-order valence-electron chi connectivity index (χ1n) is 8.82. The van der Waals surface area contributed by atoms with Gasteiger partial charge in [-0.3, -0.25) is 4.79 Å². The van der Waals surface area contributed by atoms with Gasteiger partial charge in [0.2, 0.25) is 0 Å². The molecule has 0 saturated carbocycles. The molecule has 0 bridgehead atoms. The van der Waals surface area contributed by atoms with Crippen LogP contribution in [0.5, 0.6) is 5.75 Å². The molecule has 0 fully saturated rings. The number of rotatable bonds is 5. The number of carbonyl (C=O) groups is 1. The summed E-state index contributed by atoms with van der Waals surface area (Å²) >= 11 is 1.59. The Morgan fingerprint density at radius 3 is 2.73 bits per heavy atom. The summed E-state index contributed by atoms with van der Waals surface area (Å²) in [5.41, 5.74) is 3.86. The highest BCUT2D eigenvalue weighted by atomic mass is 32.1. The van der Waals surface area contributed by atoms with Gasteiger partial charge < -0.3 is 9.64 Å². The summed E-state index contributed by atoms with van der Waals surface area (Å²) in [6.07, 6.45) is 2.25. The normalized spacial score (nSPS) is 15.9. The van der Waals surface area contributed by atoms with E-state index in [2.05, 4.69) is 35.9 Å². The molecule has 1 atom stereocenters. The lowest BCUT2D eigenvalue weighted by Gasteiger charge is -2.26. The maximum atomic E-state index is 11.7. The standard InChI is InChI=1S/C21H20N2O2S/c1-3-23(4-2)15-10-9-14-11-16(19(13-24)25-18(14)12-15)21-22-17-7-5-6-8-20(17)26-21/h5-13,19H,3-4H2,1-2H3. The van der Waals surface area contributed by atoms with Gasteiger partial charge in [0.15, 0.2) is 12.4 Å². The highest BCUT2D eigenvalue weighted by Gasteiger charge is 2.26. The fourth-order valence-corrected chi connectivity index (χ4v) is 4.27. The molecule has 0 N–H and O–H groups in total. The second-order valence-corrected chi connectivity index (χ2v) is 7.19. The summed E-state index contributed by atoms with van der Waals surface area (Å²) in [7, 11) is 0. The minimum atomic E-state index is -0.630. The summed E-state index contributed by atoms with van der Waals surface area (Å²) in [6, 6.07) is 14.2. The Bertz CT molecular complexity index is 956. The number of anilines is 1. The fourth-order valence-electron chi connectivity index (χ4n) is 3.26. The monoisotopic (exact) mass is 364 g/mol. The van der Waals surface area contributed by atoms with E-state index >= 15 is 0 Å². The molecule has 2 heterocycles. The van der Waals surface area contributed by atoms with Crippen molar-refractivity contribution in [2.24, 2.45) is 0 Å². The van der Waals surface area contributed by atoms with Crippen LogP contribution in [-0.4, -0.2) is 30.5 Å². The number of ether oxygens (including phenoxy) is 1. The minimum absolute atomic E-state index is 0.630. The van der Waals surface area contributed by atoms with Crippen LogP contribution in [0.4, 0.5) is 5.69 Å². The Morgan fingerprint density at radius 2 is 2.00 bits per heavy atom. The average Bonchev–Trinajstić information content (AvgIpc) is 3.11. The van der Waals surface area contributed by atoms with Crippen LogP contribution in [-0.2, 0) is 4.79 Å². The largest absolute Gasteiger partial charge is 0.477 e. The lowest BCUT2D eigenvalue weighted by atomic mass is 10.0. The van der Waals surface area contributed by atoms with Crippen molar-refractivity contribution in [3.05, 3.63) is 53.0 Å². The number of fused-ring (bicyclic) bond motifs is 2. The van der Waals surface area contributed by atoms with Crippen molar-refractivity contribution in [1.82, 2.24) is 4.98 Å². The fraction of sp³-hybridized carbons (Fsp3) is 0.238. The van der Waals surface area contributed by atoms with Crippen molar-refractivity contribution in [2.75, 3.05) is 18.0 Å². The third-order valence-corrected chi connectivity index (χ3v) is 5.75. The molecular weight excluding hydrogens is 344 g/mol. The average molecular weight is 364 g/mol. The van der Waals surface area contributed by atoms with E-state index in [1.54, 1.807) is 11.3 Å². The summed E-state index contributed by atoms with van der Waals surface area (Å²) in [4.78, 5) is 18.6. The van der Waals surface area contributed by atoms with Crippen molar-refractivity contribution in [3.63, 3.8) is 0 Å². The van der Waals surface area contributed by atoms with Gasteiger partial charge >= 0.3 is 0 Å². The van der Waals surface area contributed by atoms with Gasteiger partial charge in [-0.25, -0.2) is 4.98 Å². The van der Waals surface area contributed by atoms with Crippen LogP contribution >= 0.6 is 11.3 Å². The molecule has 0 aliphatic carbocycles. The molecule has 2 aromatic carbocycles. The number of hydrogen-bond acceptors (Lipinski definition) is 5. The third-order valence-electron chi connectivity index (χ3n) is 4.66. The van der Waals surface area contributed by atoms with Crippen molar-refractivity contribution < 1.29 is 9.53 Å². The van der Waals surface area contributed by atoms with E-state index in [0.29, 0.717) is 0 Å². The maximum absolute atomic E-state index is 11.7. The van der Waals surface area contributed by atoms with Gasteiger partial charge in [-0.15, -0.1) is 11.3 Å². The lowest BCUT2D eigenvalue weighted by molar-refractivity contribution is -0.111. The van der Waals surface area contributed by atoms with Crippen molar-refractivity contribution in [2.45, 2.75) is 20.0 Å². The zero-order valence-corrected chi connectivity index (χ0v) is 15.6. The van der Waals surface area contributed by atoms with E-state index in [1.165, 1.54) is 0 Å². The molecule has 0 spiro atoms. The zero-order valence-electron chi connectivity index (χ0n) is 14.8. The van der Waals surface area contributed by atoms with Crippen LogP contribution < -0.4 is 9.64 Å². The van der Waals surface area contributed by atoms with Crippen LogP contribution in [0.1, 0.15) is 24.4 Å². The van der Waals surface area contributed by atoms with Crippen LogP contribution in [0.2, 0.25) is 0 Å². The number of benzene rings is 2. The SMILES string of the molecule is CCN(CC)c1ccc2c(c1)OC(C=O)C(c1nc3ccccc3s1)=C2. The quantitative estimate of drug-likeness (QED) is 0.619. The zero-order chi connectivity index (χ0) is 18.1. The van der Waals surface area contributed by atoms with E-state index in [1.807, 2.05) is 36.4 Å². The second-order valence-electron chi connectivity index (χ2n) is 6.16. The third kappa shape index (κ3) is 2.88. The number of aldehydes is 1. The van der Waals surface area contributed by atoms with E-state index in [0.717, 1.165) is 57.2 Å². The van der Waals surface area contributed by atoms with Gasteiger partial charge in [0, 0.05) is 36.0 Å². The first-order valence-corrected chi connectivity index (χ1v) is 9.63. The molecule has 132 valence electrons. The Morgan fingerprint density at radius 1 is 1.19 bits per heavy atom. The van der Waals surface area contributed by atoms with E-state index in [4.69, 9.17) is 4.74 Å². The summed E-state index contributed by atoms with van der Waals surface area (Å²) in [5, 5.41) is 0.835. The number of para-hydroxylation sites is 1. The van der Waals surface area contributed by atoms with Gasteiger partial charge in [0.25, 0.3) is 0 Å². The molecule has 1 unspecified atom stereocenters. The smallest absolute Gasteiger partial charge is 0.182 e. The molecule has 4 nitrogen and oxygen atoms in total. The van der Waals surface area contributed by atoms with Crippen LogP contribution in [0, 0.1) is 0 Å². The predicted octanol–water partition coefficient (Wildman–Crippen LogP) is 4.64. The second kappa shape index (κ2) is 6.92. The number of carbonyl (C=O) groups excluding carboxylic acids is 1. The molecule has 26 heavy (non-hydrogen) atoms. The number of hydrogen-bond donors (Lipinski definition) is 0. The summed E-state index contributed by atoms with van der Waals surface area (Å²) in [5.74, 6) is 0.747. The van der Waals surface area contributed by atoms with E-state index < -0.39 is 6.10 Å². The summed E-state index contributed by atoms with van der Waals surface area (Å²) in [6.45, 7) is 6.12. The number of aromatic nitrogens is 1. The topological polar surface area (TPSA) is 42.4 Å². The highest BCUT2D eigenvalue weighted by molar-refractivity contribution is 7.19. The Balaban J connectivity index is 1.77. The van der Waals surface area contributed by atoms with Gasteiger partial charge in [-0.2, -0.15) is 0 Å². The highest BCUT2D eigenvalue weighted by Crippen LogP contribution is 2.38. The van der Waals surface area contributed by atoms with E-state index in [9.17, 15) is 4.79 Å². The minimum Gasteiger partial charge on any atom is -0.477 e. The Kier molecular flexibility index (Phi) is 4.47. The maximum Gasteiger partial charge on any atom is 0.182 e. The Labute approximate surface area is 156 Å². The molecule has 1 aliphatic heterocycles. The molecule has 0 radical (unpaired) electrons. The number of nitrogens with zero attached hydrogens (tertiary/aromatic N) is 2. The molecular formula is C21H20N2O2S. The van der Waals surface area contributed by atoms with Gasteiger partial charge in [-0.1, -0.05) is 12.1 Å². The van der Waals surface area contributed by atoms with Crippen molar-refractivity contribution >= 4 is 45.2 Å². The molecule has 0 amide bonds. The van der Waals surface area contributed by atoms with Gasteiger partial charge in [0.1, 0.15) is 10.8 Å². The van der Waals surface area contributed by atoms with Crippen LogP contribution in [0.25, 0.3) is 21.9 Å². The number of thiazole rings is 1. The van der Waals surface area contributed by atoms with Gasteiger partial charge in [0.05, 0.1) is 10.2 Å². The molecule has 1 aromatic heterocycles. The molecule has 4 rings (SSSR count). The van der Waals surface area contributed by atoms with E-state index in [-0.39, 0.29) is 0 Å². The molecule has 3 aromatic rings. The molecule has 5 heteroatoms. The molecule has 0 saturated heterocycles. The summed E-state index contributed by atoms with van der Waals surface area (Å²) < 4.78 is 7.13. The first kappa shape index (κ1) is 16.8.